The minimum absolute atomic E-state index is 0.0388. The number of benzene rings is 1. The van der Waals surface area contributed by atoms with E-state index in [4.69, 9.17) is 11.6 Å². The lowest BCUT2D eigenvalue weighted by Crippen LogP contribution is -2.13. The maximum absolute atomic E-state index is 13.6. The summed E-state index contributed by atoms with van der Waals surface area (Å²) in [5.41, 5.74) is 0.758. The van der Waals surface area contributed by atoms with Crippen molar-refractivity contribution >= 4 is 11.6 Å². The Morgan fingerprint density at radius 1 is 1.27 bits per heavy atom. The first-order chi connectivity index (χ1) is 7.20. The third kappa shape index (κ3) is 3.20. The molecule has 0 bridgehead atoms. The molecule has 0 spiro atoms. The molecule has 84 valence electrons. The highest BCUT2D eigenvalue weighted by Crippen LogP contribution is 2.31. The summed E-state index contributed by atoms with van der Waals surface area (Å²) in [5, 5.41) is 0.0388. The standard InChI is InChI=1S/C13H18ClF/c1-3-7-12(14)10(4-2)11-8-5-6-9-13(11)15/h5-6,8-10,12H,3-4,7H2,1-2H3. The van der Waals surface area contributed by atoms with E-state index in [9.17, 15) is 4.39 Å². The van der Waals surface area contributed by atoms with E-state index >= 15 is 0 Å². The fourth-order valence-electron chi connectivity index (χ4n) is 1.92. The fraction of sp³-hybridized carbons (Fsp3) is 0.538. The molecule has 2 unspecified atom stereocenters. The van der Waals surface area contributed by atoms with Crippen LogP contribution in [-0.2, 0) is 0 Å². The van der Waals surface area contributed by atoms with E-state index in [1.165, 1.54) is 6.07 Å². The molecule has 0 heterocycles. The highest BCUT2D eigenvalue weighted by Gasteiger charge is 2.21. The van der Waals surface area contributed by atoms with Gasteiger partial charge in [-0.1, -0.05) is 38.5 Å². The summed E-state index contributed by atoms with van der Waals surface area (Å²) in [6, 6.07) is 6.94. The first kappa shape index (κ1) is 12.5. The SMILES string of the molecule is CCCC(Cl)C(CC)c1ccccc1F. The number of hydrogen-bond donors (Lipinski definition) is 0. The van der Waals surface area contributed by atoms with Crippen LogP contribution in [0.3, 0.4) is 0 Å². The zero-order valence-corrected chi connectivity index (χ0v) is 10.1. The summed E-state index contributed by atoms with van der Waals surface area (Å²) >= 11 is 6.29. The molecule has 1 rings (SSSR count). The Labute approximate surface area is 96.5 Å². The van der Waals surface area contributed by atoms with Crippen LogP contribution in [0.1, 0.15) is 44.6 Å². The Morgan fingerprint density at radius 2 is 1.93 bits per heavy atom. The lowest BCUT2D eigenvalue weighted by atomic mass is 9.90. The van der Waals surface area contributed by atoms with Crippen LogP contribution in [0.4, 0.5) is 4.39 Å². The number of halogens is 2. The van der Waals surface area contributed by atoms with E-state index in [1.54, 1.807) is 6.07 Å². The Hall–Kier alpha value is -0.560. The van der Waals surface area contributed by atoms with Gasteiger partial charge in [-0.3, -0.25) is 0 Å². The molecule has 0 aliphatic heterocycles. The van der Waals surface area contributed by atoms with Gasteiger partial charge < -0.3 is 0 Å². The quantitative estimate of drug-likeness (QED) is 0.640. The van der Waals surface area contributed by atoms with Crippen molar-refractivity contribution in [2.45, 2.75) is 44.4 Å². The van der Waals surface area contributed by atoms with Gasteiger partial charge in [-0.2, -0.15) is 0 Å². The average Bonchev–Trinajstić information content (AvgIpc) is 2.22. The summed E-state index contributed by atoms with van der Waals surface area (Å²) in [4.78, 5) is 0. The second kappa shape index (κ2) is 6.12. The predicted octanol–water partition coefficient (Wildman–Crippen LogP) is 4.73. The van der Waals surface area contributed by atoms with Crippen molar-refractivity contribution in [2.24, 2.45) is 0 Å². The van der Waals surface area contributed by atoms with Gasteiger partial charge in [0.05, 0.1) is 0 Å². The highest BCUT2D eigenvalue weighted by atomic mass is 35.5. The van der Waals surface area contributed by atoms with Crippen molar-refractivity contribution < 1.29 is 4.39 Å². The Balaban J connectivity index is 2.87. The molecule has 1 aromatic rings. The zero-order chi connectivity index (χ0) is 11.3. The van der Waals surface area contributed by atoms with Crippen molar-refractivity contribution in [3.63, 3.8) is 0 Å². The van der Waals surface area contributed by atoms with Crippen molar-refractivity contribution in [3.8, 4) is 0 Å². The van der Waals surface area contributed by atoms with Crippen molar-refractivity contribution in [1.82, 2.24) is 0 Å². The van der Waals surface area contributed by atoms with Crippen molar-refractivity contribution in [3.05, 3.63) is 35.6 Å². The average molecular weight is 229 g/mol. The molecule has 2 heteroatoms. The fourth-order valence-corrected chi connectivity index (χ4v) is 2.46. The normalized spacial score (nSPS) is 14.9. The van der Waals surface area contributed by atoms with Gasteiger partial charge in [-0.15, -0.1) is 11.6 Å². The molecular formula is C13H18ClF. The number of hydrogen-bond acceptors (Lipinski definition) is 0. The summed E-state index contributed by atoms with van der Waals surface area (Å²) in [6.07, 6.45) is 2.86. The maximum atomic E-state index is 13.6. The van der Waals surface area contributed by atoms with Gasteiger partial charge in [0, 0.05) is 11.3 Å². The van der Waals surface area contributed by atoms with Crippen LogP contribution in [0.15, 0.2) is 24.3 Å². The van der Waals surface area contributed by atoms with Gasteiger partial charge in [-0.25, -0.2) is 4.39 Å². The Morgan fingerprint density at radius 3 is 2.47 bits per heavy atom. The van der Waals surface area contributed by atoms with Gasteiger partial charge in [0.25, 0.3) is 0 Å². The molecule has 0 aromatic heterocycles. The van der Waals surface area contributed by atoms with Gasteiger partial charge in [-0.05, 0) is 24.5 Å². The lowest BCUT2D eigenvalue weighted by molar-refractivity contribution is 0.532. The smallest absolute Gasteiger partial charge is 0.126 e. The zero-order valence-electron chi connectivity index (χ0n) is 9.34. The molecule has 0 radical (unpaired) electrons. The highest BCUT2D eigenvalue weighted by molar-refractivity contribution is 6.21. The van der Waals surface area contributed by atoms with Crippen LogP contribution < -0.4 is 0 Å². The molecule has 0 saturated carbocycles. The first-order valence-corrected chi connectivity index (χ1v) is 6.02. The van der Waals surface area contributed by atoms with Gasteiger partial charge >= 0.3 is 0 Å². The van der Waals surface area contributed by atoms with Gasteiger partial charge in [0.15, 0.2) is 0 Å². The second-order valence-electron chi connectivity index (χ2n) is 3.84. The van der Waals surface area contributed by atoms with Crippen molar-refractivity contribution in [1.29, 1.82) is 0 Å². The molecule has 0 N–H and O–H groups in total. The second-order valence-corrected chi connectivity index (χ2v) is 4.40. The molecular weight excluding hydrogens is 211 g/mol. The molecule has 0 aliphatic rings. The van der Waals surface area contributed by atoms with Crippen LogP contribution in [0.25, 0.3) is 0 Å². The molecule has 0 fully saturated rings. The lowest BCUT2D eigenvalue weighted by Gasteiger charge is -2.21. The van der Waals surface area contributed by atoms with E-state index < -0.39 is 0 Å². The molecule has 1 aromatic carbocycles. The van der Waals surface area contributed by atoms with Gasteiger partial charge in [0.2, 0.25) is 0 Å². The van der Waals surface area contributed by atoms with Crippen LogP contribution in [0.2, 0.25) is 0 Å². The van der Waals surface area contributed by atoms with E-state index in [1.807, 2.05) is 12.1 Å². The minimum atomic E-state index is -0.133. The van der Waals surface area contributed by atoms with E-state index in [0.717, 1.165) is 24.8 Å². The Bertz CT molecular complexity index is 298. The molecule has 0 nitrogen and oxygen atoms in total. The summed E-state index contributed by atoms with van der Waals surface area (Å²) in [7, 11) is 0. The van der Waals surface area contributed by atoms with Crippen LogP contribution in [0.5, 0.6) is 0 Å². The van der Waals surface area contributed by atoms with Crippen LogP contribution in [-0.4, -0.2) is 5.38 Å². The van der Waals surface area contributed by atoms with Gasteiger partial charge in [0.1, 0.15) is 5.82 Å². The third-order valence-electron chi connectivity index (χ3n) is 2.75. The molecule has 0 saturated heterocycles. The van der Waals surface area contributed by atoms with E-state index in [-0.39, 0.29) is 17.1 Å². The first-order valence-electron chi connectivity index (χ1n) is 5.59. The van der Waals surface area contributed by atoms with Crippen LogP contribution >= 0.6 is 11.6 Å². The summed E-state index contributed by atoms with van der Waals surface area (Å²) in [5.74, 6) is -0.00100. The summed E-state index contributed by atoms with van der Waals surface area (Å²) < 4.78 is 13.6. The van der Waals surface area contributed by atoms with Crippen LogP contribution in [0, 0.1) is 5.82 Å². The van der Waals surface area contributed by atoms with E-state index in [0.29, 0.717) is 0 Å². The topological polar surface area (TPSA) is 0 Å². The largest absolute Gasteiger partial charge is 0.207 e. The predicted molar refractivity (Wildman–Crippen MR) is 64.0 cm³/mol. The molecule has 0 aliphatic carbocycles. The molecule has 0 amide bonds. The van der Waals surface area contributed by atoms with Crippen molar-refractivity contribution in [2.75, 3.05) is 0 Å². The maximum Gasteiger partial charge on any atom is 0.126 e. The molecule has 2 atom stereocenters. The third-order valence-corrected chi connectivity index (χ3v) is 3.27. The van der Waals surface area contributed by atoms with E-state index in [2.05, 4.69) is 13.8 Å². The number of rotatable bonds is 5. The summed E-state index contributed by atoms with van der Waals surface area (Å²) in [6.45, 7) is 4.16. The Kier molecular flexibility index (Phi) is 5.10. The monoisotopic (exact) mass is 228 g/mol. The molecule has 15 heavy (non-hydrogen) atoms. The minimum Gasteiger partial charge on any atom is -0.207 e. The number of alkyl halides is 1.